The molecule has 1 aliphatic rings. The Morgan fingerprint density at radius 2 is 2.43 bits per heavy atom. The third-order valence-electron chi connectivity index (χ3n) is 2.45. The van der Waals surface area contributed by atoms with E-state index in [2.05, 4.69) is 19.2 Å². The van der Waals surface area contributed by atoms with Crippen LogP contribution in [0.4, 0.5) is 0 Å². The molecule has 0 aromatic heterocycles. The van der Waals surface area contributed by atoms with Gasteiger partial charge in [-0.3, -0.25) is 0 Å². The van der Waals surface area contributed by atoms with E-state index in [9.17, 15) is 0 Å². The summed E-state index contributed by atoms with van der Waals surface area (Å²) in [5.74, 6) is 1.18. The molecule has 0 saturated carbocycles. The maximum atomic E-state index is 5.59. The van der Waals surface area contributed by atoms with Crippen LogP contribution < -0.4 is 5.32 Å². The lowest BCUT2D eigenvalue weighted by molar-refractivity contribution is 0.129. The van der Waals surface area contributed by atoms with Gasteiger partial charge in [-0.25, -0.2) is 0 Å². The van der Waals surface area contributed by atoms with E-state index in [-0.39, 0.29) is 0 Å². The highest BCUT2D eigenvalue weighted by Gasteiger charge is 2.16. The molecule has 1 aliphatic heterocycles. The third-order valence-corrected chi connectivity index (χ3v) is 3.75. The number of hydrogen-bond donors (Lipinski definition) is 1. The smallest absolute Gasteiger partial charge is 0.0666 e. The largest absolute Gasteiger partial charge is 0.377 e. The highest BCUT2D eigenvalue weighted by atomic mass is 32.2. The van der Waals surface area contributed by atoms with Gasteiger partial charge in [0.05, 0.1) is 6.10 Å². The number of ether oxygens (including phenoxy) is 1. The predicted molar refractivity (Wildman–Crippen MR) is 64.1 cm³/mol. The summed E-state index contributed by atoms with van der Waals surface area (Å²) in [4.78, 5) is 0. The molecule has 3 heteroatoms. The Balaban J connectivity index is 1.93. The molecule has 0 aliphatic carbocycles. The second-order valence-corrected chi connectivity index (χ2v) is 5.45. The average Bonchev–Trinajstić information content (AvgIpc) is 2.68. The van der Waals surface area contributed by atoms with Crippen LogP contribution in [0.2, 0.25) is 0 Å². The first-order valence-electron chi connectivity index (χ1n) is 5.77. The molecule has 14 heavy (non-hydrogen) atoms. The zero-order valence-electron chi connectivity index (χ0n) is 9.42. The molecule has 1 N–H and O–H groups in total. The molecule has 2 nitrogen and oxygen atoms in total. The SMILES string of the molecule is CCCNCC(C)SCC1CCCO1. The number of thioether (sulfide) groups is 1. The van der Waals surface area contributed by atoms with E-state index < -0.39 is 0 Å². The van der Waals surface area contributed by atoms with Gasteiger partial charge in [-0.2, -0.15) is 11.8 Å². The van der Waals surface area contributed by atoms with Crippen LogP contribution in [0, 0.1) is 0 Å². The fourth-order valence-electron chi connectivity index (χ4n) is 1.59. The average molecular weight is 217 g/mol. The lowest BCUT2D eigenvalue weighted by Crippen LogP contribution is -2.24. The predicted octanol–water partition coefficient (Wildman–Crippen LogP) is 2.29. The fourth-order valence-corrected chi connectivity index (χ4v) is 2.63. The number of rotatable bonds is 7. The Hall–Kier alpha value is 0.270. The van der Waals surface area contributed by atoms with Crippen LogP contribution in [-0.4, -0.2) is 36.8 Å². The van der Waals surface area contributed by atoms with Crippen LogP contribution in [0.15, 0.2) is 0 Å². The molecule has 1 saturated heterocycles. The van der Waals surface area contributed by atoms with Gasteiger partial charge in [-0.1, -0.05) is 13.8 Å². The molecule has 2 atom stereocenters. The quantitative estimate of drug-likeness (QED) is 0.661. The molecule has 0 spiro atoms. The van der Waals surface area contributed by atoms with Gasteiger partial charge in [0.1, 0.15) is 0 Å². The Bertz CT molecular complexity index is 137. The van der Waals surface area contributed by atoms with E-state index in [1.54, 1.807) is 0 Å². The molecule has 84 valence electrons. The minimum atomic E-state index is 0.536. The van der Waals surface area contributed by atoms with Gasteiger partial charge >= 0.3 is 0 Å². The lowest BCUT2D eigenvalue weighted by atomic mass is 10.3. The summed E-state index contributed by atoms with van der Waals surface area (Å²) in [6.45, 7) is 7.75. The summed E-state index contributed by atoms with van der Waals surface area (Å²) in [5, 5.41) is 4.16. The standard InChI is InChI=1S/C11H23NOS/c1-3-6-12-8-10(2)14-9-11-5-4-7-13-11/h10-12H,3-9H2,1-2H3. The van der Waals surface area contributed by atoms with E-state index >= 15 is 0 Å². The third kappa shape index (κ3) is 5.23. The number of nitrogens with one attached hydrogen (secondary N) is 1. The normalized spacial score (nSPS) is 24.0. The molecule has 1 fully saturated rings. The van der Waals surface area contributed by atoms with E-state index in [0.717, 1.165) is 19.7 Å². The highest BCUT2D eigenvalue weighted by Crippen LogP contribution is 2.19. The first-order chi connectivity index (χ1) is 6.83. The Morgan fingerprint density at radius 3 is 3.07 bits per heavy atom. The molecule has 2 unspecified atom stereocenters. The fraction of sp³-hybridized carbons (Fsp3) is 1.00. The van der Waals surface area contributed by atoms with E-state index in [1.165, 1.54) is 25.0 Å². The summed E-state index contributed by atoms with van der Waals surface area (Å²) in [6.07, 6.45) is 4.28. The van der Waals surface area contributed by atoms with Crippen molar-refractivity contribution in [1.29, 1.82) is 0 Å². The summed E-state index contributed by atoms with van der Waals surface area (Å²) >= 11 is 2.04. The molecule has 1 heterocycles. The second-order valence-electron chi connectivity index (χ2n) is 3.98. The molecular weight excluding hydrogens is 194 g/mol. The number of hydrogen-bond acceptors (Lipinski definition) is 3. The van der Waals surface area contributed by atoms with Crippen molar-refractivity contribution in [3.63, 3.8) is 0 Å². The van der Waals surface area contributed by atoms with Crippen molar-refractivity contribution < 1.29 is 4.74 Å². The van der Waals surface area contributed by atoms with Crippen LogP contribution in [0.1, 0.15) is 33.1 Å². The molecule has 0 aromatic carbocycles. The maximum Gasteiger partial charge on any atom is 0.0666 e. The van der Waals surface area contributed by atoms with Crippen molar-refractivity contribution in [2.45, 2.75) is 44.5 Å². The lowest BCUT2D eigenvalue weighted by Gasteiger charge is -2.14. The topological polar surface area (TPSA) is 21.3 Å². The first kappa shape index (κ1) is 12.3. The van der Waals surface area contributed by atoms with Crippen molar-refractivity contribution in [1.82, 2.24) is 5.32 Å². The Morgan fingerprint density at radius 1 is 1.57 bits per heavy atom. The first-order valence-corrected chi connectivity index (χ1v) is 6.81. The van der Waals surface area contributed by atoms with Crippen LogP contribution in [0.5, 0.6) is 0 Å². The van der Waals surface area contributed by atoms with Crippen LogP contribution in [-0.2, 0) is 4.74 Å². The molecular formula is C11H23NOS. The zero-order chi connectivity index (χ0) is 10.2. The van der Waals surface area contributed by atoms with E-state index in [1.807, 2.05) is 11.8 Å². The highest BCUT2D eigenvalue weighted by molar-refractivity contribution is 7.99. The van der Waals surface area contributed by atoms with Crippen LogP contribution >= 0.6 is 11.8 Å². The molecule has 0 amide bonds. The van der Waals surface area contributed by atoms with Gasteiger partial charge in [-0.15, -0.1) is 0 Å². The van der Waals surface area contributed by atoms with Crippen molar-refractivity contribution in [3.05, 3.63) is 0 Å². The van der Waals surface area contributed by atoms with E-state index in [0.29, 0.717) is 11.4 Å². The van der Waals surface area contributed by atoms with Gasteiger partial charge in [0.25, 0.3) is 0 Å². The summed E-state index contributed by atoms with van der Waals surface area (Å²) in [5.41, 5.74) is 0. The Labute approximate surface area is 92.2 Å². The van der Waals surface area contributed by atoms with Crippen molar-refractivity contribution in [2.75, 3.05) is 25.4 Å². The molecule has 0 radical (unpaired) electrons. The van der Waals surface area contributed by atoms with Crippen molar-refractivity contribution in [3.8, 4) is 0 Å². The van der Waals surface area contributed by atoms with Gasteiger partial charge in [0, 0.05) is 24.2 Å². The second kappa shape index (κ2) is 7.55. The van der Waals surface area contributed by atoms with Gasteiger partial charge in [0.2, 0.25) is 0 Å². The van der Waals surface area contributed by atoms with Gasteiger partial charge in [0.15, 0.2) is 0 Å². The van der Waals surface area contributed by atoms with Crippen LogP contribution in [0.3, 0.4) is 0 Å². The summed E-state index contributed by atoms with van der Waals surface area (Å²) < 4.78 is 5.59. The molecule has 1 rings (SSSR count). The van der Waals surface area contributed by atoms with Crippen molar-refractivity contribution >= 4 is 11.8 Å². The van der Waals surface area contributed by atoms with E-state index in [4.69, 9.17) is 4.74 Å². The van der Waals surface area contributed by atoms with Gasteiger partial charge < -0.3 is 10.1 Å². The molecule has 0 bridgehead atoms. The minimum Gasteiger partial charge on any atom is -0.377 e. The summed E-state index contributed by atoms with van der Waals surface area (Å²) in [6, 6.07) is 0. The Kier molecular flexibility index (Phi) is 6.65. The van der Waals surface area contributed by atoms with Gasteiger partial charge in [-0.05, 0) is 25.8 Å². The molecule has 0 aromatic rings. The monoisotopic (exact) mass is 217 g/mol. The zero-order valence-corrected chi connectivity index (χ0v) is 10.2. The minimum absolute atomic E-state index is 0.536. The maximum absolute atomic E-state index is 5.59. The van der Waals surface area contributed by atoms with Crippen LogP contribution in [0.25, 0.3) is 0 Å². The van der Waals surface area contributed by atoms with Crippen molar-refractivity contribution in [2.24, 2.45) is 0 Å². The summed E-state index contributed by atoms with van der Waals surface area (Å²) in [7, 11) is 0.